The van der Waals surface area contributed by atoms with Crippen LogP contribution in [0.3, 0.4) is 0 Å². The molecule has 4 N–H and O–H groups in total. The van der Waals surface area contributed by atoms with E-state index in [1.165, 1.54) is 12.1 Å². The van der Waals surface area contributed by atoms with Crippen LogP contribution >= 0.6 is 0 Å². The number of sulfonamides is 1. The highest BCUT2D eigenvalue weighted by atomic mass is 32.2. The molecule has 132 valence electrons. The van der Waals surface area contributed by atoms with Gasteiger partial charge in [-0.2, -0.15) is 0 Å². The summed E-state index contributed by atoms with van der Waals surface area (Å²) in [6, 6.07) is 11.2. The third kappa shape index (κ3) is 4.37. The van der Waals surface area contributed by atoms with Crippen LogP contribution in [-0.2, 0) is 10.0 Å². The lowest BCUT2D eigenvalue weighted by molar-refractivity contribution is 0.102. The zero-order chi connectivity index (χ0) is 18.0. The summed E-state index contributed by atoms with van der Waals surface area (Å²) in [5.74, 6) is 0.0562. The van der Waals surface area contributed by atoms with Gasteiger partial charge in [0.15, 0.2) is 0 Å². The summed E-state index contributed by atoms with van der Waals surface area (Å²) in [5, 5.41) is 2.77. The van der Waals surface area contributed by atoms with Gasteiger partial charge in [0.2, 0.25) is 10.0 Å². The number of rotatable bonds is 6. The van der Waals surface area contributed by atoms with Gasteiger partial charge in [0.1, 0.15) is 0 Å². The zero-order valence-electron chi connectivity index (χ0n) is 14.0. The molecule has 0 atom stereocenters. The summed E-state index contributed by atoms with van der Waals surface area (Å²) in [4.78, 5) is 12.6. The molecule has 0 spiro atoms. The Bertz CT molecular complexity index is 906. The molecule has 25 heavy (non-hydrogen) atoms. The second-order valence-electron chi connectivity index (χ2n) is 6.35. The van der Waals surface area contributed by atoms with E-state index in [9.17, 15) is 13.2 Å². The lowest BCUT2D eigenvalue weighted by Crippen LogP contribution is -2.26. The molecule has 1 aliphatic carbocycles. The highest BCUT2D eigenvalue weighted by Gasteiger charge is 2.24. The molecule has 0 aliphatic heterocycles. The molecule has 2 aromatic rings. The fourth-order valence-corrected chi connectivity index (χ4v) is 3.57. The van der Waals surface area contributed by atoms with E-state index in [1.54, 1.807) is 24.3 Å². The van der Waals surface area contributed by atoms with Crippen molar-refractivity contribution >= 4 is 27.3 Å². The van der Waals surface area contributed by atoms with Crippen molar-refractivity contribution in [2.24, 2.45) is 5.92 Å². The van der Waals surface area contributed by atoms with E-state index in [2.05, 4.69) is 10.0 Å². The number of nitrogen functional groups attached to an aromatic ring is 1. The average molecular weight is 359 g/mol. The minimum atomic E-state index is -3.61. The van der Waals surface area contributed by atoms with Crippen LogP contribution in [0.5, 0.6) is 0 Å². The number of aryl methyl sites for hydroxylation is 1. The van der Waals surface area contributed by atoms with Crippen LogP contribution < -0.4 is 15.8 Å². The Kier molecular flexibility index (Phi) is 4.78. The Labute approximate surface area is 147 Å². The number of benzene rings is 2. The van der Waals surface area contributed by atoms with Crippen molar-refractivity contribution in [3.05, 3.63) is 53.6 Å². The first-order valence-electron chi connectivity index (χ1n) is 8.12. The van der Waals surface area contributed by atoms with Crippen LogP contribution in [0.4, 0.5) is 11.4 Å². The summed E-state index contributed by atoms with van der Waals surface area (Å²) >= 11 is 0. The molecule has 0 radical (unpaired) electrons. The summed E-state index contributed by atoms with van der Waals surface area (Å²) in [6.07, 6.45) is 2.12. The lowest BCUT2D eigenvalue weighted by atomic mass is 10.1. The molecule has 0 saturated heterocycles. The number of hydrogen-bond donors (Lipinski definition) is 3. The third-order valence-electron chi connectivity index (χ3n) is 4.18. The predicted molar refractivity (Wildman–Crippen MR) is 97.9 cm³/mol. The predicted octanol–water partition coefficient (Wildman–Crippen LogP) is 2.52. The van der Waals surface area contributed by atoms with Crippen molar-refractivity contribution in [1.82, 2.24) is 4.72 Å². The first-order valence-corrected chi connectivity index (χ1v) is 9.61. The second-order valence-corrected chi connectivity index (χ2v) is 8.12. The number of anilines is 2. The number of hydrogen-bond acceptors (Lipinski definition) is 4. The second kappa shape index (κ2) is 6.85. The van der Waals surface area contributed by atoms with Crippen LogP contribution in [0.25, 0.3) is 0 Å². The SMILES string of the molecule is Cc1ccc(N)cc1NC(=O)c1cccc(S(=O)(=O)NCC2CC2)c1. The van der Waals surface area contributed by atoms with Gasteiger partial charge in [0.05, 0.1) is 4.90 Å². The molecule has 1 aliphatic rings. The van der Waals surface area contributed by atoms with Crippen LogP contribution in [0, 0.1) is 12.8 Å². The van der Waals surface area contributed by atoms with Gasteiger partial charge in [0.25, 0.3) is 5.91 Å². The summed E-state index contributed by atoms with van der Waals surface area (Å²) in [6.45, 7) is 2.30. The van der Waals surface area contributed by atoms with Gasteiger partial charge < -0.3 is 11.1 Å². The van der Waals surface area contributed by atoms with Crippen LogP contribution in [0.2, 0.25) is 0 Å². The van der Waals surface area contributed by atoms with Crippen molar-refractivity contribution in [2.45, 2.75) is 24.7 Å². The molecule has 0 heterocycles. The maximum absolute atomic E-state index is 12.5. The van der Waals surface area contributed by atoms with Gasteiger partial charge in [-0.15, -0.1) is 0 Å². The number of carbonyl (C=O) groups is 1. The molecule has 6 nitrogen and oxygen atoms in total. The molecule has 1 saturated carbocycles. The van der Waals surface area contributed by atoms with Crippen molar-refractivity contribution in [3.8, 4) is 0 Å². The quantitative estimate of drug-likeness (QED) is 0.690. The summed E-state index contributed by atoms with van der Waals surface area (Å²) < 4.78 is 27.3. The van der Waals surface area contributed by atoms with E-state index < -0.39 is 10.0 Å². The van der Waals surface area contributed by atoms with Crippen molar-refractivity contribution in [1.29, 1.82) is 0 Å². The van der Waals surface area contributed by atoms with Crippen molar-refractivity contribution in [3.63, 3.8) is 0 Å². The first-order chi connectivity index (χ1) is 11.8. The van der Waals surface area contributed by atoms with E-state index in [1.807, 2.05) is 13.0 Å². The molecule has 1 fully saturated rings. The van der Waals surface area contributed by atoms with E-state index in [4.69, 9.17) is 5.73 Å². The largest absolute Gasteiger partial charge is 0.399 e. The Balaban J connectivity index is 1.78. The van der Waals surface area contributed by atoms with Crippen molar-refractivity contribution in [2.75, 3.05) is 17.6 Å². The Hall–Kier alpha value is -2.38. The third-order valence-corrected chi connectivity index (χ3v) is 5.60. The van der Waals surface area contributed by atoms with Gasteiger partial charge in [0, 0.05) is 23.5 Å². The smallest absolute Gasteiger partial charge is 0.255 e. The molecule has 2 aromatic carbocycles. The van der Waals surface area contributed by atoms with Crippen LogP contribution in [0.15, 0.2) is 47.4 Å². The van der Waals surface area contributed by atoms with Gasteiger partial charge in [-0.3, -0.25) is 4.79 Å². The zero-order valence-corrected chi connectivity index (χ0v) is 14.8. The Morgan fingerprint density at radius 1 is 1.20 bits per heavy atom. The molecule has 7 heteroatoms. The monoisotopic (exact) mass is 359 g/mol. The number of nitrogens with two attached hydrogens (primary N) is 1. The fourth-order valence-electron chi connectivity index (χ4n) is 2.41. The van der Waals surface area contributed by atoms with Gasteiger partial charge in [-0.05, 0) is 61.6 Å². The van der Waals surface area contributed by atoms with E-state index in [0.717, 1.165) is 18.4 Å². The molecule has 1 amide bonds. The molecular formula is C18H21N3O3S. The van der Waals surface area contributed by atoms with Crippen LogP contribution in [0.1, 0.15) is 28.8 Å². The van der Waals surface area contributed by atoms with E-state index >= 15 is 0 Å². The van der Waals surface area contributed by atoms with Crippen LogP contribution in [-0.4, -0.2) is 20.9 Å². The van der Waals surface area contributed by atoms with Gasteiger partial charge in [-0.25, -0.2) is 13.1 Å². The van der Waals surface area contributed by atoms with E-state index in [-0.39, 0.29) is 16.4 Å². The number of carbonyl (C=O) groups excluding carboxylic acids is 1. The lowest BCUT2D eigenvalue weighted by Gasteiger charge is -2.11. The molecular weight excluding hydrogens is 338 g/mol. The maximum atomic E-state index is 12.5. The molecule has 0 bridgehead atoms. The van der Waals surface area contributed by atoms with Gasteiger partial charge >= 0.3 is 0 Å². The van der Waals surface area contributed by atoms with Gasteiger partial charge in [-0.1, -0.05) is 12.1 Å². The van der Waals surface area contributed by atoms with Crippen molar-refractivity contribution < 1.29 is 13.2 Å². The number of amides is 1. The molecule has 3 rings (SSSR count). The summed E-state index contributed by atoms with van der Waals surface area (Å²) in [7, 11) is -3.61. The van der Waals surface area contributed by atoms with E-state index in [0.29, 0.717) is 23.8 Å². The standard InChI is InChI=1S/C18H21N3O3S/c1-12-5-8-15(19)10-17(12)21-18(22)14-3-2-4-16(9-14)25(23,24)20-11-13-6-7-13/h2-5,8-10,13,20H,6-7,11,19H2,1H3,(H,21,22). The molecule has 0 unspecified atom stereocenters. The average Bonchev–Trinajstić information content (AvgIpc) is 3.41. The fraction of sp³-hybridized carbons (Fsp3) is 0.278. The topological polar surface area (TPSA) is 101 Å². The Morgan fingerprint density at radius 3 is 2.68 bits per heavy atom. The number of nitrogens with one attached hydrogen (secondary N) is 2. The summed E-state index contributed by atoms with van der Waals surface area (Å²) in [5.41, 5.74) is 8.04. The highest BCUT2D eigenvalue weighted by molar-refractivity contribution is 7.89. The highest BCUT2D eigenvalue weighted by Crippen LogP contribution is 2.28. The minimum Gasteiger partial charge on any atom is -0.399 e. The minimum absolute atomic E-state index is 0.0881. The maximum Gasteiger partial charge on any atom is 0.255 e. The normalized spacial score (nSPS) is 14.3. The Morgan fingerprint density at radius 2 is 1.96 bits per heavy atom. The first kappa shape index (κ1) is 17.4. The molecule has 0 aromatic heterocycles.